The lowest BCUT2D eigenvalue weighted by Gasteiger charge is -2.13. The summed E-state index contributed by atoms with van der Waals surface area (Å²) < 4.78 is 12.1. The summed E-state index contributed by atoms with van der Waals surface area (Å²) in [6, 6.07) is 3.54. The third kappa shape index (κ3) is 5.23. The predicted octanol–water partition coefficient (Wildman–Crippen LogP) is 4.62. The summed E-state index contributed by atoms with van der Waals surface area (Å²) in [5.74, 6) is 1.32. The van der Waals surface area contributed by atoms with E-state index in [4.69, 9.17) is 9.47 Å². The second-order valence-corrected chi connectivity index (χ2v) is 5.20. The SMILES string of the molecule is CCCCOc1cc(OCCCC)c(C=O)cc1Br. The first kappa shape index (κ1) is 16.0. The fourth-order valence-electron chi connectivity index (χ4n) is 1.53. The van der Waals surface area contributed by atoms with Crippen LogP contribution in [-0.4, -0.2) is 19.5 Å². The molecule has 0 aliphatic carbocycles. The van der Waals surface area contributed by atoms with Gasteiger partial charge in [-0.2, -0.15) is 0 Å². The van der Waals surface area contributed by atoms with Crippen LogP contribution >= 0.6 is 15.9 Å². The lowest BCUT2D eigenvalue weighted by molar-refractivity contribution is 0.111. The molecule has 0 saturated carbocycles. The number of halogens is 1. The Hall–Kier alpha value is -1.03. The minimum Gasteiger partial charge on any atom is -0.493 e. The molecule has 0 spiro atoms. The Morgan fingerprint density at radius 1 is 1.05 bits per heavy atom. The van der Waals surface area contributed by atoms with Crippen molar-refractivity contribution in [2.75, 3.05) is 13.2 Å². The maximum absolute atomic E-state index is 11.0. The van der Waals surface area contributed by atoms with E-state index in [9.17, 15) is 4.79 Å². The number of unbranched alkanes of at least 4 members (excludes halogenated alkanes) is 2. The molecule has 3 nitrogen and oxygen atoms in total. The van der Waals surface area contributed by atoms with Gasteiger partial charge in [-0.05, 0) is 34.8 Å². The molecule has 0 aromatic heterocycles. The van der Waals surface area contributed by atoms with E-state index < -0.39 is 0 Å². The van der Waals surface area contributed by atoms with Crippen molar-refractivity contribution in [3.8, 4) is 11.5 Å². The van der Waals surface area contributed by atoms with Crippen molar-refractivity contribution < 1.29 is 14.3 Å². The van der Waals surface area contributed by atoms with Gasteiger partial charge in [-0.3, -0.25) is 4.79 Å². The van der Waals surface area contributed by atoms with E-state index in [-0.39, 0.29) is 0 Å². The second kappa shape index (κ2) is 8.97. The molecule has 1 aromatic rings. The molecule has 1 aromatic carbocycles. The van der Waals surface area contributed by atoms with Crippen LogP contribution in [0.25, 0.3) is 0 Å². The molecule has 0 fully saturated rings. The Morgan fingerprint density at radius 2 is 1.63 bits per heavy atom. The van der Waals surface area contributed by atoms with Crippen molar-refractivity contribution in [2.24, 2.45) is 0 Å². The van der Waals surface area contributed by atoms with Crippen LogP contribution in [0.4, 0.5) is 0 Å². The number of aldehydes is 1. The van der Waals surface area contributed by atoms with E-state index in [1.807, 2.05) is 0 Å². The van der Waals surface area contributed by atoms with Crippen LogP contribution in [0.3, 0.4) is 0 Å². The zero-order chi connectivity index (χ0) is 14.1. The molecule has 0 N–H and O–H groups in total. The van der Waals surface area contributed by atoms with Gasteiger partial charge in [-0.25, -0.2) is 0 Å². The molecule has 0 saturated heterocycles. The van der Waals surface area contributed by atoms with Gasteiger partial charge in [0.05, 0.1) is 23.2 Å². The summed E-state index contributed by atoms with van der Waals surface area (Å²) in [4.78, 5) is 11.0. The molecule has 0 atom stereocenters. The molecule has 0 aliphatic rings. The summed E-state index contributed by atoms with van der Waals surface area (Å²) in [5.41, 5.74) is 0.547. The Kier molecular flexibility index (Phi) is 7.56. The highest BCUT2D eigenvalue weighted by atomic mass is 79.9. The second-order valence-electron chi connectivity index (χ2n) is 4.34. The molecular formula is C15H21BrO3. The first-order valence-electron chi connectivity index (χ1n) is 6.77. The van der Waals surface area contributed by atoms with Crippen LogP contribution in [0.2, 0.25) is 0 Å². The van der Waals surface area contributed by atoms with Crippen LogP contribution in [0.5, 0.6) is 11.5 Å². The van der Waals surface area contributed by atoms with E-state index in [1.54, 1.807) is 12.1 Å². The largest absolute Gasteiger partial charge is 0.493 e. The summed E-state index contributed by atoms with van der Waals surface area (Å²) in [5, 5.41) is 0. The Labute approximate surface area is 123 Å². The van der Waals surface area contributed by atoms with Crippen LogP contribution in [0, 0.1) is 0 Å². The summed E-state index contributed by atoms with van der Waals surface area (Å²) >= 11 is 3.42. The fourth-order valence-corrected chi connectivity index (χ4v) is 2.01. The monoisotopic (exact) mass is 328 g/mol. The van der Waals surface area contributed by atoms with Gasteiger partial charge in [0, 0.05) is 6.07 Å². The quantitative estimate of drug-likeness (QED) is 0.490. The van der Waals surface area contributed by atoms with Gasteiger partial charge in [0.2, 0.25) is 0 Å². The summed E-state index contributed by atoms with van der Waals surface area (Å²) in [6.07, 6.45) is 4.94. The number of rotatable bonds is 9. The minimum absolute atomic E-state index is 0.547. The fraction of sp³-hybridized carbons (Fsp3) is 0.533. The first-order valence-corrected chi connectivity index (χ1v) is 7.56. The number of carbonyl (C=O) groups excluding carboxylic acids is 1. The van der Waals surface area contributed by atoms with E-state index in [2.05, 4.69) is 29.8 Å². The predicted molar refractivity (Wildman–Crippen MR) is 80.3 cm³/mol. The molecule has 0 unspecified atom stereocenters. The molecule has 0 bridgehead atoms. The van der Waals surface area contributed by atoms with Gasteiger partial charge in [0.25, 0.3) is 0 Å². The Morgan fingerprint density at radius 3 is 2.16 bits per heavy atom. The minimum atomic E-state index is 0.547. The number of hydrogen-bond acceptors (Lipinski definition) is 3. The molecule has 4 heteroatoms. The van der Waals surface area contributed by atoms with Crippen LogP contribution < -0.4 is 9.47 Å². The number of ether oxygens (including phenoxy) is 2. The maximum Gasteiger partial charge on any atom is 0.153 e. The average Bonchev–Trinajstić information content (AvgIpc) is 2.42. The number of carbonyl (C=O) groups is 1. The molecule has 19 heavy (non-hydrogen) atoms. The van der Waals surface area contributed by atoms with E-state index >= 15 is 0 Å². The van der Waals surface area contributed by atoms with Gasteiger partial charge < -0.3 is 9.47 Å². The highest BCUT2D eigenvalue weighted by Crippen LogP contribution is 2.32. The molecule has 0 radical (unpaired) electrons. The van der Waals surface area contributed by atoms with E-state index in [0.29, 0.717) is 24.5 Å². The van der Waals surface area contributed by atoms with Gasteiger partial charge in [0.1, 0.15) is 11.5 Å². The maximum atomic E-state index is 11.0. The van der Waals surface area contributed by atoms with Crippen molar-refractivity contribution in [3.05, 3.63) is 22.2 Å². The standard InChI is InChI=1S/C15H21BrO3/c1-3-5-7-18-14-10-15(19-8-6-4-2)13(16)9-12(14)11-17/h9-11H,3-8H2,1-2H3. The van der Waals surface area contributed by atoms with E-state index in [0.717, 1.165) is 42.2 Å². The van der Waals surface area contributed by atoms with Crippen molar-refractivity contribution in [1.29, 1.82) is 0 Å². The smallest absolute Gasteiger partial charge is 0.153 e. The first-order chi connectivity index (χ1) is 9.22. The molecule has 106 valence electrons. The van der Waals surface area contributed by atoms with E-state index in [1.165, 1.54) is 0 Å². The van der Waals surface area contributed by atoms with Gasteiger partial charge in [-0.15, -0.1) is 0 Å². The lowest BCUT2D eigenvalue weighted by atomic mass is 10.2. The highest BCUT2D eigenvalue weighted by Gasteiger charge is 2.10. The van der Waals surface area contributed by atoms with Crippen molar-refractivity contribution in [2.45, 2.75) is 39.5 Å². The topological polar surface area (TPSA) is 35.5 Å². The van der Waals surface area contributed by atoms with Crippen molar-refractivity contribution in [3.63, 3.8) is 0 Å². The van der Waals surface area contributed by atoms with Crippen molar-refractivity contribution >= 4 is 22.2 Å². The lowest BCUT2D eigenvalue weighted by Crippen LogP contribution is -2.02. The van der Waals surface area contributed by atoms with Gasteiger partial charge in [-0.1, -0.05) is 26.7 Å². The Balaban J connectivity index is 2.80. The van der Waals surface area contributed by atoms with Crippen LogP contribution in [0.15, 0.2) is 16.6 Å². The zero-order valence-corrected chi connectivity index (χ0v) is 13.2. The molecule has 0 aliphatic heterocycles. The average molecular weight is 329 g/mol. The third-order valence-electron chi connectivity index (χ3n) is 2.70. The number of benzene rings is 1. The molecule has 0 heterocycles. The summed E-state index contributed by atoms with van der Waals surface area (Å²) in [7, 11) is 0. The molecule has 1 rings (SSSR count). The highest BCUT2D eigenvalue weighted by molar-refractivity contribution is 9.10. The van der Waals surface area contributed by atoms with Crippen molar-refractivity contribution in [1.82, 2.24) is 0 Å². The molecular weight excluding hydrogens is 308 g/mol. The normalized spacial score (nSPS) is 10.3. The number of hydrogen-bond donors (Lipinski definition) is 0. The summed E-state index contributed by atoms with van der Waals surface area (Å²) in [6.45, 7) is 5.51. The molecule has 0 amide bonds. The van der Waals surface area contributed by atoms with Crippen LogP contribution in [0.1, 0.15) is 49.9 Å². The van der Waals surface area contributed by atoms with Gasteiger partial charge in [0.15, 0.2) is 6.29 Å². The zero-order valence-electron chi connectivity index (χ0n) is 11.6. The Bertz CT molecular complexity index is 405. The van der Waals surface area contributed by atoms with Gasteiger partial charge >= 0.3 is 0 Å². The van der Waals surface area contributed by atoms with Crippen LogP contribution in [-0.2, 0) is 0 Å². The third-order valence-corrected chi connectivity index (χ3v) is 3.32.